The number of esters is 1. The smallest absolute Gasteiger partial charge is 0.313 e. The molecule has 1 aliphatic heterocycles. The van der Waals surface area contributed by atoms with E-state index < -0.39 is 0 Å². The third kappa shape index (κ3) is 3.00. The monoisotopic (exact) mass is 303 g/mol. The van der Waals surface area contributed by atoms with Crippen molar-refractivity contribution in [2.24, 2.45) is 5.92 Å². The van der Waals surface area contributed by atoms with Gasteiger partial charge < -0.3 is 4.74 Å². The van der Waals surface area contributed by atoms with Crippen molar-refractivity contribution in [1.82, 2.24) is 5.06 Å². The normalized spacial score (nSPS) is 22.3. The minimum atomic E-state index is -0.280. The molecule has 1 aliphatic rings. The maximum atomic E-state index is 12.0. The van der Waals surface area contributed by atoms with Gasteiger partial charge >= 0.3 is 5.97 Å². The lowest BCUT2D eigenvalue weighted by atomic mass is 10.00. The second-order valence-corrected chi connectivity index (χ2v) is 5.93. The van der Waals surface area contributed by atoms with Gasteiger partial charge in [-0.2, -0.15) is 5.06 Å². The summed E-state index contributed by atoms with van der Waals surface area (Å²) < 4.78 is 4.92. The fraction of sp³-hybridized carbons (Fsp3) is 0.312. The number of methoxy groups -OCH3 is 1. The number of carbonyl (C=O) groups is 1. The Kier molecular flexibility index (Phi) is 4.34. The second kappa shape index (κ2) is 6.39. The van der Waals surface area contributed by atoms with Crippen molar-refractivity contribution < 1.29 is 14.4 Å². The number of ether oxygens (including phenoxy) is 1. The van der Waals surface area contributed by atoms with Crippen LogP contribution in [0.25, 0.3) is 0 Å². The third-order valence-electron chi connectivity index (χ3n) is 3.63. The first kappa shape index (κ1) is 14.3. The van der Waals surface area contributed by atoms with E-state index in [1.54, 1.807) is 11.3 Å². The van der Waals surface area contributed by atoms with Crippen molar-refractivity contribution in [1.29, 1.82) is 0 Å². The van der Waals surface area contributed by atoms with Gasteiger partial charge in [0.05, 0.1) is 19.8 Å². The number of rotatable bonds is 4. The van der Waals surface area contributed by atoms with E-state index in [1.807, 2.05) is 40.8 Å². The Hall–Kier alpha value is -1.69. The van der Waals surface area contributed by atoms with Gasteiger partial charge in [-0.1, -0.05) is 36.4 Å². The highest BCUT2D eigenvalue weighted by Crippen LogP contribution is 2.39. The van der Waals surface area contributed by atoms with Gasteiger partial charge in [0.1, 0.15) is 5.92 Å². The maximum absolute atomic E-state index is 12.0. The van der Waals surface area contributed by atoms with E-state index in [4.69, 9.17) is 9.57 Å². The van der Waals surface area contributed by atoms with Crippen molar-refractivity contribution in [2.45, 2.75) is 12.6 Å². The number of hydroxylamine groups is 2. The molecule has 2 heterocycles. The second-order valence-electron chi connectivity index (χ2n) is 4.95. The number of hydrogen-bond acceptors (Lipinski definition) is 5. The number of nitrogens with zero attached hydrogens (tertiary/aromatic N) is 1. The quantitative estimate of drug-likeness (QED) is 0.814. The average molecular weight is 303 g/mol. The molecular weight excluding hydrogens is 286 g/mol. The Morgan fingerprint density at radius 2 is 2.14 bits per heavy atom. The molecule has 0 amide bonds. The van der Waals surface area contributed by atoms with Gasteiger partial charge in [-0.15, -0.1) is 11.3 Å². The molecule has 1 aromatic heterocycles. The van der Waals surface area contributed by atoms with Crippen LogP contribution in [0, 0.1) is 5.92 Å². The summed E-state index contributed by atoms with van der Waals surface area (Å²) in [5.74, 6) is -0.499. The molecule has 2 atom stereocenters. The Morgan fingerprint density at radius 3 is 2.81 bits per heavy atom. The molecule has 0 saturated carbocycles. The fourth-order valence-electron chi connectivity index (χ4n) is 2.60. The zero-order chi connectivity index (χ0) is 14.7. The van der Waals surface area contributed by atoms with Crippen LogP contribution in [-0.4, -0.2) is 24.7 Å². The van der Waals surface area contributed by atoms with Crippen LogP contribution >= 0.6 is 11.3 Å². The minimum absolute atomic E-state index is 0.0855. The molecule has 0 spiro atoms. The van der Waals surface area contributed by atoms with E-state index >= 15 is 0 Å². The average Bonchev–Trinajstić information content (AvgIpc) is 3.16. The van der Waals surface area contributed by atoms with Crippen LogP contribution in [0.15, 0.2) is 47.8 Å². The Morgan fingerprint density at radius 1 is 1.33 bits per heavy atom. The molecule has 4 nitrogen and oxygen atoms in total. The van der Waals surface area contributed by atoms with Crippen molar-refractivity contribution in [3.05, 3.63) is 58.3 Å². The molecule has 0 aliphatic carbocycles. The number of thiophene rings is 1. The highest BCUT2D eigenvalue weighted by Gasteiger charge is 2.42. The first-order chi connectivity index (χ1) is 10.3. The Bertz CT molecular complexity index is 585. The lowest BCUT2D eigenvalue weighted by Crippen LogP contribution is -2.28. The first-order valence-corrected chi connectivity index (χ1v) is 7.72. The summed E-state index contributed by atoms with van der Waals surface area (Å²) in [6, 6.07) is 14.1. The molecule has 3 rings (SSSR count). The SMILES string of the molecule is COC(=O)[C@@H]1CON(Cc2ccccc2)[C@H]1c1cccs1. The van der Waals surface area contributed by atoms with Gasteiger partial charge in [-0.3, -0.25) is 9.63 Å². The lowest BCUT2D eigenvalue weighted by Gasteiger charge is -2.23. The van der Waals surface area contributed by atoms with Crippen molar-refractivity contribution in [2.75, 3.05) is 13.7 Å². The zero-order valence-corrected chi connectivity index (χ0v) is 12.6. The van der Waals surface area contributed by atoms with Gasteiger partial charge in [-0.05, 0) is 17.0 Å². The van der Waals surface area contributed by atoms with Crippen LogP contribution in [0.1, 0.15) is 16.5 Å². The van der Waals surface area contributed by atoms with Gasteiger partial charge in [0.2, 0.25) is 0 Å². The number of benzene rings is 1. The van der Waals surface area contributed by atoms with E-state index in [2.05, 4.69) is 12.1 Å². The minimum Gasteiger partial charge on any atom is -0.469 e. The standard InChI is InChI=1S/C16H17NO3S/c1-19-16(18)13-11-20-17(10-12-6-3-2-4-7-12)15(13)14-8-5-9-21-14/h2-9,13,15H,10-11H2,1H3/t13-,15-/m1/s1. The van der Waals surface area contributed by atoms with Gasteiger partial charge in [-0.25, -0.2) is 0 Å². The molecule has 110 valence electrons. The van der Waals surface area contributed by atoms with Gasteiger partial charge in [0, 0.05) is 11.4 Å². The maximum Gasteiger partial charge on any atom is 0.313 e. The topological polar surface area (TPSA) is 38.8 Å². The van der Waals surface area contributed by atoms with Crippen LogP contribution in [0.5, 0.6) is 0 Å². The molecule has 2 aromatic rings. The summed E-state index contributed by atoms with van der Waals surface area (Å²) in [6.45, 7) is 1.01. The van der Waals surface area contributed by atoms with E-state index in [9.17, 15) is 4.79 Å². The highest BCUT2D eigenvalue weighted by atomic mass is 32.1. The molecule has 1 aromatic carbocycles. The largest absolute Gasteiger partial charge is 0.469 e. The van der Waals surface area contributed by atoms with Crippen molar-refractivity contribution in [3.63, 3.8) is 0 Å². The number of hydrogen-bond donors (Lipinski definition) is 0. The van der Waals surface area contributed by atoms with Crippen LogP contribution in [0.4, 0.5) is 0 Å². The summed E-state index contributed by atoms with van der Waals surface area (Å²) in [5.41, 5.74) is 1.16. The summed E-state index contributed by atoms with van der Waals surface area (Å²) in [6.07, 6.45) is 0. The van der Waals surface area contributed by atoms with E-state index in [1.165, 1.54) is 7.11 Å². The Labute approximate surface area is 127 Å². The molecule has 1 fully saturated rings. The summed E-state index contributed by atoms with van der Waals surface area (Å²) in [7, 11) is 1.42. The van der Waals surface area contributed by atoms with E-state index in [0.29, 0.717) is 13.2 Å². The molecule has 5 heteroatoms. The lowest BCUT2D eigenvalue weighted by molar-refractivity contribution is -0.146. The van der Waals surface area contributed by atoms with Crippen LogP contribution < -0.4 is 0 Å². The predicted molar refractivity (Wildman–Crippen MR) is 80.5 cm³/mol. The molecule has 0 radical (unpaired) electrons. The molecule has 21 heavy (non-hydrogen) atoms. The van der Waals surface area contributed by atoms with Crippen LogP contribution in [0.2, 0.25) is 0 Å². The van der Waals surface area contributed by atoms with E-state index in [0.717, 1.165) is 10.4 Å². The molecular formula is C16H17NO3S. The molecule has 0 unspecified atom stereocenters. The summed E-state index contributed by atoms with van der Waals surface area (Å²) in [5, 5.41) is 3.91. The molecule has 1 saturated heterocycles. The zero-order valence-electron chi connectivity index (χ0n) is 11.8. The predicted octanol–water partition coefficient (Wildman–Crippen LogP) is 3.03. The number of carbonyl (C=O) groups excluding carboxylic acids is 1. The molecule has 0 bridgehead atoms. The summed E-state index contributed by atoms with van der Waals surface area (Å²) >= 11 is 1.64. The molecule has 0 N–H and O–H groups in total. The van der Waals surface area contributed by atoms with Crippen LogP contribution in [0.3, 0.4) is 0 Å². The fourth-order valence-corrected chi connectivity index (χ4v) is 3.50. The Balaban J connectivity index is 1.84. The van der Waals surface area contributed by atoms with Gasteiger partial charge in [0.25, 0.3) is 0 Å². The van der Waals surface area contributed by atoms with Crippen molar-refractivity contribution >= 4 is 17.3 Å². The first-order valence-electron chi connectivity index (χ1n) is 6.84. The van der Waals surface area contributed by atoms with Gasteiger partial charge in [0.15, 0.2) is 0 Å². The van der Waals surface area contributed by atoms with Crippen LogP contribution in [-0.2, 0) is 20.9 Å². The third-order valence-corrected chi connectivity index (χ3v) is 4.57. The van der Waals surface area contributed by atoms with E-state index in [-0.39, 0.29) is 17.9 Å². The summed E-state index contributed by atoms with van der Waals surface area (Å²) in [4.78, 5) is 18.9. The highest BCUT2D eigenvalue weighted by molar-refractivity contribution is 7.10. The van der Waals surface area contributed by atoms with Crippen molar-refractivity contribution in [3.8, 4) is 0 Å².